The highest BCUT2D eigenvalue weighted by Crippen LogP contribution is 2.46. The molecule has 0 N–H and O–H groups in total. The Hall–Kier alpha value is -6.74. The topological polar surface area (TPSA) is 13.1 Å². The first-order valence-corrected chi connectivity index (χ1v) is 19.3. The maximum Gasteiger partial charge on any atom is 0.143 e. The molecule has 54 heavy (non-hydrogen) atoms. The van der Waals surface area contributed by atoms with Crippen LogP contribution in [0.1, 0.15) is 0 Å². The lowest BCUT2D eigenvalue weighted by Crippen LogP contribution is -1.91. The molecule has 0 aliphatic rings. The molecule has 12 rings (SSSR count). The molecule has 12 aromatic rings. The van der Waals surface area contributed by atoms with E-state index in [2.05, 4.69) is 182 Å². The van der Waals surface area contributed by atoms with E-state index in [9.17, 15) is 0 Å². The fourth-order valence-corrected chi connectivity index (χ4v) is 10.1. The van der Waals surface area contributed by atoms with Gasteiger partial charge in [-0.3, -0.25) is 0 Å². The van der Waals surface area contributed by atoms with Crippen LogP contribution in [0.4, 0.5) is 0 Å². The van der Waals surface area contributed by atoms with Gasteiger partial charge in [0, 0.05) is 36.3 Å². The van der Waals surface area contributed by atoms with Gasteiger partial charge in [-0.2, -0.15) is 0 Å². The number of hydrogen-bond acceptors (Lipinski definition) is 2. The van der Waals surface area contributed by atoms with Crippen LogP contribution in [0.5, 0.6) is 0 Å². The molecular formula is C52H30OS. The second-order valence-electron chi connectivity index (χ2n) is 14.4. The number of thiophene rings is 1. The molecule has 0 spiro atoms. The van der Waals surface area contributed by atoms with Crippen LogP contribution in [0.15, 0.2) is 186 Å². The Balaban J connectivity index is 1.02. The average Bonchev–Trinajstić information content (AvgIpc) is 3.81. The maximum atomic E-state index is 6.58. The predicted molar refractivity (Wildman–Crippen MR) is 233 cm³/mol. The third kappa shape index (κ3) is 4.32. The summed E-state index contributed by atoms with van der Waals surface area (Å²) in [5.74, 6) is 0. The van der Waals surface area contributed by atoms with E-state index < -0.39 is 0 Å². The molecule has 0 atom stereocenters. The first kappa shape index (κ1) is 29.8. The molecular weight excluding hydrogens is 673 g/mol. The predicted octanol–water partition coefficient (Wildman–Crippen LogP) is 15.6. The summed E-state index contributed by atoms with van der Waals surface area (Å²) in [6.07, 6.45) is 0. The van der Waals surface area contributed by atoms with Crippen LogP contribution in [0.25, 0.3) is 119 Å². The lowest BCUT2D eigenvalue weighted by atomic mass is 9.85. The van der Waals surface area contributed by atoms with Gasteiger partial charge in [-0.15, -0.1) is 11.3 Å². The molecule has 10 aromatic carbocycles. The molecule has 0 amide bonds. The molecule has 0 aliphatic carbocycles. The van der Waals surface area contributed by atoms with Crippen molar-refractivity contribution < 1.29 is 4.42 Å². The van der Waals surface area contributed by atoms with Crippen molar-refractivity contribution in [2.24, 2.45) is 0 Å². The van der Waals surface area contributed by atoms with Crippen molar-refractivity contribution >= 4 is 96.5 Å². The minimum absolute atomic E-state index is 0.939. The van der Waals surface area contributed by atoms with Gasteiger partial charge in [0.05, 0.1) is 0 Å². The molecule has 0 saturated carbocycles. The lowest BCUT2D eigenvalue weighted by molar-refractivity contribution is 0.673. The van der Waals surface area contributed by atoms with Gasteiger partial charge in [-0.05, 0) is 107 Å². The third-order valence-electron chi connectivity index (χ3n) is 11.4. The highest BCUT2D eigenvalue weighted by atomic mass is 32.1. The second-order valence-corrected chi connectivity index (χ2v) is 15.5. The van der Waals surface area contributed by atoms with E-state index >= 15 is 0 Å². The largest absolute Gasteiger partial charge is 0.455 e. The van der Waals surface area contributed by atoms with E-state index in [1.54, 1.807) is 0 Å². The molecule has 2 aromatic heterocycles. The van der Waals surface area contributed by atoms with Crippen molar-refractivity contribution in [3.63, 3.8) is 0 Å². The zero-order valence-electron chi connectivity index (χ0n) is 29.1. The van der Waals surface area contributed by atoms with E-state index in [-0.39, 0.29) is 0 Å². The monoisotopic (exact) mass is 702 g/mol. The summed E-state index contributed by atoms with van der Waals surface area (Å²) >= 11 is 1.86. The Morgan fingerprint density at radius 3 is 1.61 bits per heavy atom. The second kappa shape index (κ2) is 11.4. The van der Waals surface area contributed by atoms with Crippen LogP contribution in [-0.4, -0.2) is 0 Å². The maximum absolute atomic E-state index is 6.58. The molecule has 2 heterocycles. The molecule has 0 saturated heterocycles. The van der Waals surface area contributed by atoms with Crippen molar-refractivity contribution in [2.75, 3.05) is 0 Å². The summed E-state index contributed by atoms with van der Waals surface area (Å²) in [4.78, 5) is 0. The van der Waals surface area contributed by atoms with Gasteiger partial charge in [-0.1, -0.05) is 146 Å². The summed E-state index contributed by atoms with van der Waals surface area (Å²) in [5.41, 5.74) is 9.35. The molecule has 0 bridgehead atoms. The number of benzene rings is 10. The Kier molecular flexibility index (Phi) is 6.28. The van der Waals surface area contributed by atoms with Crippen LogP contribution >= 0.6 is 11.3 Å². The summed E-state index contributed by atoms with van der Waals surface area (Å²) < 4.78 is 9.15. The summed E-state index contributed by atoms with van der Waals surface area (Å²) in [5, 5.41) is 14.9. The van der Waals surface area contributed by atoms with Gasteiger partial charge in [0.25, 0.3) is 0 Å². The van der Waals surface area contributed by atoms with E-state index in [0.717, 1.165) is 16.6 Å². The van der Waals surface area contributed by atoms with Gasteiger partial charge in [-0.25, -0.2) is 0 Å². The average molecular weight is 703 g/mol. The third-order valence-corrected chi connectivity index (χ3v) is 12.6. The summed E-state index contributed by atoms with van der Waals surface area (Å²) in [7, 11) is 0. The minimum atomic E-state index is 0.939. The Morgan fingerprint density at radius 2 is 0.870 bits per heavy atom. The normalized spacial score (nSPS) is 12.1. The molecule has 0 radical (unpaired) electrons. The highest BCUT2D eigenvalue weighted by Gasteiger charge is 2.19. The van der Waals surface area contributed by atoms with Crippen LogP contribution in [0.2, 0.25) is 0 Å². The van der Waals surface area contributed by atoms with Gasteiger partial charge in [0.15, 0.2) is 0 Å². The van der Waals surface area contributed by atoms with Crippen molar-refractivity contribution in [3.8, 4) is 33.4 Å². The Labute approximate surface area is 314 Å². The molecule has 1 nitrogen and oxygen atoms in total. The van der Waals surface area contributed by atoms with E-state index in [0.29, 0.717) is 0 Å². The van der Waals surface area contributed by atoms with Crippen LogP contribution in [0.3, 0.4) is 0 Å². The summed E-state index contributed by atoms with van der Waals surface area (Å²) in [6, 6.07) is 66.8. The van der Waals surface area contributed by atoms with Gasteiger partial charge in [0.2, 0.25) is 0 Å². The van der Waals surface area contributed by atoms with Crippen molar-refractivity contribution in [2.45, 2.75) is 0 Å². The van der Waals surface area contributed by atoms with E-state index in [4.69, 9.17) is 4.42 Å². The van der Waals surface area contributed by atoms with Crippen molar-refractivity contribution in [1.82, 2.24) is 0 Å². The summed E-state index contributed by atoms with van der Waals surface area (Å²) in [6.45, 7) is 0. The van der Waals surface area contributed by atoms with Crippen molar-refractivity contribution in [3.05, 3.63) is 182 Å². The smallest absolute Gasteiger partial charge is 0.143 e. The lowest BCUT2D eigenvalue weighted by Gasteiger charge is -2.18. The van der Waals surface area contributed by atoms with E-state index in [1.807, 2.05) is 11.3 Å². The Morgan fingerprint density at radius 1 is 0.315 bits per heavy atom. The molecule has 0 fully saturated rings. The minimum Gasteiger partial charge on any atom is -0.455 e. The fourth-order valence-electron chi connectivity index (χ4n) is 8.97. The SMILES string of the molecule is c1ccc2cc(-c3c4ccccc4c(-c4ccc(-c5ccc6sc7ccc8oc9c%10ccccc%10ccc9c8c7c6c5)cc4)c4ccccc34)ccc2c1. The molecule has 0 unspecified atom stereocenters. The first-order valence-electron chi connectivity index (χ1n) is 18.5. The fraction of sp³-hybridized carbons (Fsp3) is 0. The standard InChI is InChI=1S/C52H30OS/c1-2-11-35-29-37(22-19-31(35)9-1)49-41-15-7-5-13-39(41)48(40-14-6-8-16-42(40)49)34-20-17-32(18-21-34)36-24-27-46-44(30-36)51-47(54-46)28-26-45-50(51)43-25-23-33-10-3-4-12-38(33)52(43)53-45/h1-30H. The van der Waals surface area contributed by atoms with Gasteiger partial charge >= 0.3 is 0 Å². The number of fused-ring (bicyclic) bond motifs is 12. The zero-order valence-corrected chi connectivity index (χ0v) is 30.0. The van der Waals surface area contributed by atoms with Gasteiger partial charge in [0.1, 0.15) is 11.2 Å². The highest BCUT2D eigenvalue weighted by molar-refractivity contribution is 7.26. The number of hydrogen-bond donors (Lipinski definition) is 0. The Bertz CT molecular complexity index is 3430. The zero-order chi connectivity index (χ0) is 35.3. The molecule has 250 valence electrons. The van der Waals surface area contributed by atoms with Crippen LogP contribution in [-0.2, 0) is 0 Å². The van der Waals surface area contributed by atoms with Crippen molar-refractivity contribution in [1.29, 1.82) is 0 Å². The quantitative estimate of drug-likeness (QED) is 0.167. The molecule has 0 aliphatic heterocycles. The van der Waals surface area contributed by atoms with Crippen LogP contribution < -0.4 is 0 Å². The van der Waals surface area contributed by atoms with Gasteiger partial charge < -0.3 is 4.42 Å². The van der Waals surface area contributed by atoms with Crippen LogP contribution in [0, 0.1) is 0 Å². The molecule has 2 heteroatoms. The van der Waals surface area contributed by atoms with E-state index in [1.165, 1.54) is 102 Å². The number of rotatable bonds is 3. The first-order chi connectivity index (χ1) is 26.8. The number of furan rings is 1.